The Balaban J connectivity index is 2.44. The quantitative estimate of drug-likeness (QED) is 0.730. The number of rotatable bonds is 6. The second kappa shape index (κ2) is 6.83. The fourth-order valence-corrected chi connectivity index (χ4v) is 1.31. The lowest BCUT2D eigenvalue weighted by Gasteiger charge is -2.04. The maximum atomic E-state index is 11.3. The van der Waals surface area contributed by atoms with Crippen LogP contribution in [0.25, 0.3) is 0 Å². The van der Waals surface area contributed by atoms with Crippen LogP contribution >= 0.6 is 0 Å². The van der Waals surface area contributed by atoms with Crippen molar-refractivity contribution in [1.29, 1.82) is 0 Å². The highest BCUT2D eigenvalue weighted by atomic mass is 16.6. The average molecular weight is 254 g/mol. The molecule has 0 unspecified atom stereocenters. The van der Waals surface area contributed by atoms with Crippen LogP contribution in [-0.4, -0.2) is 18.5 Å². The normalized spacial score (nSPS) is 10.4. The van der Waals surface area contributed by atoms with Crippen LogP contribution in [-0.2, 0) is 20.9 Å². The molecule has 0 bridgehead atoms. The number of hydrogen-bond donors (Lipinski definition) is 0. The zero-order chi connectivity index (χ0) is 13.5. The molecule has 5 heteroatoms. The van der Waals surface area contributed by atoms with Crippen molar-refractivity contribution in [3.63, 3.8) is 0 Å². The first-order valence-corrected chi connectivity index (χ1v) is 5.94. The number of carbonyl (C=O) groups excluding carboxylic acids is 2. The molecule has 100 valence electrons. The van der Waals surface area contributed by atoms with Gasteiger partial charge >= 0.3 is 11.9 Å². The molecular weight excluding hydrogens is 236 g/mol. The molecule has 0 aliphatic heterocycles. The van der Waals surface area contributed by atoms with Crippen molar-refractivity contribution in [2.45, 2.75) is 33.8 Å². The predicted octanol–water partition coefficient (Wildman–Crippen LogP) is 2.55. The van der Waals surface area contributed by atoms with Crippen molar-refractivity contribution >= 4 is 11.9 Å². The van der Waals surface area contributed by atoms with Gasteiger partial charge in [0.15, 0.2) is 0 Å². The minimum Gasteiger partial charge on any atom is -0.460 e. The third-order valence-corrected chi connectivity index (χ3v) is 2.09. The van der Waals surface area contributed by atoms with E-state index in [1.165, 1.54) is 6.07 Å². The summed E-state index contributed by atoms with van der Waals surface area (Å²) in [6.45, 7) is 5.92. The van der Waals surface area contributed by atoms with Crippen LogP contribution in [0, 0.1) is 5.92 Å². The highest BCUT2D eigenvalue weighted by Crippen LogP contribution is 2.11. The van der Waals surface area contributed by atoms with Crippen molar-refractivity contribution in [3.8, 4) is 0 Å². The zero-order valence-corrected chi connectivity index (χ0v) is 10.9. The summed E-state index contributed by atoms with van der Waals surface area (Å²) in [6.07, 6.45) is 0.367. The van der Waals surface area contributed by atoms with Crippen LogP contribution in [0.5, 0.6) is 0 Å². The molecule has 18 heavy (non-hydrogen) atoms. The van der Waals surface area contributed by atoms with E-state index in [-0.39, 0.29) is 30.9 Å². The Bertz CT molecular complexity index is 405. The SMILES string of the molecule is CCOC(=O)c1ccc(COC(=O)CC(C)C)o1. The molecule has 0 saturated carbocycles. The lowest BCUT2D eigenvalue weighted by molar-refractivity contribution is -0.146. The van der Waals surface area contributed by atoms with E-state index in [4.69, 9.17) is 13.9 Å². The highest BCUT2D eigenvalue weighted by molar-refractivity contribution is 5.86. The fraction of sp³-hybridized carbons (Fsp3) is 0.538. The molecule has 1 aromatic rings. The molecule has 0 atom stereocenters. The monoisotopic (exact) mass is 254 g/mol. The number of esters is 2. The first-order chi connectivity index (χ1) is 8.52. The maximum Gasteiger partial charge on any atom is 0.374 e. The van der Waals surface area contributed by atoms with E-state index in [2.05, 4.69) is 0 Å². The second-order valence-electron chi connectivity index (χ2n) is 4.25. The van der Waals surface area contributed by atoms with E-state index >= 15 is 0 Å². The van der Waals surface area contributed by atoms with Crippen LogP contribution in [0.1, 0.15) is 43.5 Å². The van der Waals surface area contributed by atoms with Gasteiger partial charge in [-0.3, -0.25) is 4.79 Å². The van der Waals surface area contributed by atoms with Gasteiger partial charge in [0.05, 0.1) is 6.61 Å². The van der Waals surface area contributed by atoms with Crippen molar-refractivity contribution in [2.24, 2.45) is 5.92 Å². The third kappa shape index (κ3) is 4.61. The zero-order valence-electron chi connectivity index (χ0n) is 10.9. The summed E-state index contributed by atoms with van der Waals surface area (Å²) >= 11 is 0. The Morgan fingerprint density at radius 3 is 2.61 bits per heavy atom. The van der Waals surface area contributed by atoms with E-state index in [1.807, 2.05) is 13.8 Å². The van der Waals surface area contributed by atoms with Gasteiger partial charge < -0.3 is 13.9 Å². The Morgan fingerprint density at radius 1 is 1.28 bits per heavy atom. The van der Waals surface area contributed by atoms with Crippen molar-refractivity contribution in [2.75, 3.05) is 6.61 Å². The Hall–Kier alpha value is -1.78. The first kappa shape index (κ1) is 14.3. The summed E-state index contributed by atoms with van der Waals surface area (Å²) in [4.78, 5) is 22.6. The Kier molecular flexibility index (Phi) is 5.42. The molecular formula is C13H18O5. The van der Waals surface area contributed by atoms with Gasteiger partial charge in [0.1, 0.15) is 12.4 Å². The standard InChI is InChI=1S/C13H18O5/c1-4-16-13(15)11-6-5-10(18-11)8-17-12(14)7-9(2)3/h5-6,9H,4,7-8H2,1-3H3. The molecule has 0 radical (unpaired) electrons. The van der Waals surface area contributed by atoms with E-state index in [0.29, 0.717) is 12.2 Å². The van der Waals surface area contributed by atoms with E-state index in [1.54, 1.807) is 13.0 Å². The second-order valence-corrected chi connectivity index (χ2v) is 4.25. The van der Waals surface area contributed by atoms with Crippen molar-refractivity contribution in [3.05, 3.63) is 23.7 Å². The maximum absolute atomic E-state index is 11.3. The van der Waals surface area contributed by atoms with Crippen LogP contribution < -0.4 is 0 Å². The van der Waals surface area contributed by atoms with Gasteiger partial charge in [-0.1, -0.05) is 13.8 Å². The van der Waals surface area contributed by atoms with Crippen LogP contribution in [0.2, 0.25) is 0 Å². The average Bonchev–Trinajstić information content (AvgIpc) is 2.74. The molecule has 1 aromatic heterocycles. The van der Waals surface area contributed by atoms with Gasteiger partial charge in [0.2, 0.25) is 5.76 Å². The Labute approximate surface area is 106 Å². The molecule has 0 amide bonds. The molecule has 5 nitrogen and oxygen atoms in total. The molecule has 0 aliphatic carbocycles. The predicted molar refractivity (Wildman–Crippen MR) is 63.9 cm³/mol. The molecule has 0 fully saturated rings. The molecule has 1 heterocycles. The van der Waals surface area contributed by atoms with Crippen molar-refractivity contribution in [1.82, 2.24) is 0 Å². The minimum atomic E-state index is -0.516. The summed E-state index contributed by atoms with van der Waals surface area (Å²) in [5.41, 5.74) is 0. The summed E-state index contributed by atoms with van der Waals surface area (Å²) in [6, 6.07) is 3.10. The van der Waals surface area contributed by atoms with Crippen LogP contribution in [0.15, 0.2) is 16.5 Å². The fourth-order valence-electron chi connectivity index (χ4n) is 1.31. The van der Waals surface area contributed by atoms with Crippen LogP contribution in [0.4, 0.5) is 0 Å². The van der Waals surface area contributed by atoms with Gasteiger partial charge in [-0.05, 0) is 25.0 Å². The van der Waals surface area contributed by atoms with E-state index in [0.717, 1.165) is 0 Å². The van der Waals surface area contributed by atoms with Gasteiger partial charge in [-0.2, -0.15) is 0 Å². The van der Waals surface area contributed by atoms with Gasteiger partial charge in [-0.25, -0.2) is 4.79 Å². The summed E-state index contributed by atoms with van der Waals surface area (Å²) < 4.78 is 15.0. The minimum absolute atomic E-state index is 0.0327. The summed E-state index contributed by atoms with van der Waals surface area (Å²) in [7, 11) is 0. The van der Waals surface area contributed by atoms with Gasteiger partial charge in [0.25, 0.3) is 0 Å². The van der Waals surface area contributed by atoms with Crippen LogP contribution in [0.3, 0.4) is 0 Å². The number of furan rings is 1. The smallest absolute Gasteiger partial charge is 0.374 e. The number of ether oxygens (including phenoxy) is 2. The van der Waals surface area contributed by atoms with E-state index < -0.39 is 5.97 Å². The number of carbonyl (C=O) groups is 2. The van der Waals surface area contributed by atoms with E-state index in [9.17, 15) is 9.59 Å². The molecule has 0 spiro atoms. The summed E-state index contributed by atoms with van der Waals surface area (Å²) in [5.74, 6) is 0.00227. The number of hydrogen-bond acceptors (Lipinski definition) is 5. The third-order valence-electron chi connectivity index (χ3n) is 2.09. The van der Waals surface area contributed by atoms with Gasteiger partial charge in [-0.15, -0.1) is 0 Å². The molecule has 0 aliphatic rings. The topological polar surface area (TPSA) is 65.7 Å². The molecule has 0 aromatic carbocycles. The lowest BCUT2D eigenvalue weighted by atomic mass is 10.1. The largest absolute Gasteiger partial charge is 0.460 e. The molecule has 0 N–H and O–H groups in total. The first-order valence-electron chi connectivity index (χ1n) is 5.94. The molecule has 0 saturated heterocycles. The van der Waals surface area contributed by atoms with Gasteiger partial charge in [0, 0.05) is 6.42 Å². The van der Waals surface area contributed by atoms with Crippen molar-refractivity contribution < 1.29 is 23.5 Å². The Morgan fingerprint density at radius 2 is 2.00 bits per heavy atom. The summed E-state index contributed by atoms with van der Waals surface area (Å²) in [5, 5.41) is 0. The molecule has 1 rings (SSSR count). The highest BCUT2D eigenvalue weighted by Gasteiger charge is 2.13. The lowest BCUT2D eigenvalue weighted by Crippen LogP contribution is -2.07.